The molecule has 2 heterocycles. The maximum Gasteiger partial charge on any atom is 0.0552 e. The minimum absolute atomic E-state index is 0.522. The molecule has 0 unspecified atom stereocenters. The van der Waals surface area contributed by atoms with Gasteiger partial charge in [0.1, 0.15) is 0 Å². The number of hydrogen-bond acceptors (Lipinski definition) is 3. The lowest BCUT2D eigenvalue weighted by Gasteiger charge is -2.39. The van der Waals surface area contributed by atoms with Gasteiger partial charge >= 0.3 is 0 Å². The van der Waals surface area contributed by atoms with E-state index >= 15 is 0 Å². The minimum atomic E-state index is 0.522. The maximum atomic E-state index is 5.56. The van der Waals surface area contributed by atoms with Crippen LogP contribution in [0.5, 0.6) is 0 Å². The molecule has 0 atom stereocenters. The van der Waals surface area contributed by atoms with Crippen molar-refractivity contribution in [2.24, 2.45) is 11.1 Å². The molecule has 1 aromatic heterocycles. The van der Waals surface area contributed by atoms with Gasteiger partial charge in [-0.25, -0.2) is 0 Å². The Bertz CT molecular complexity index is 350. The van der Waals surface area contributed by atoms with Crippen LogP contribution in [-0.2, 0) is 6.54 Å². The molecule has 0 amide bonds. The molecule has 0 aromatic carbocycles. The molecule has 1 aromatic rings. The fourth-order valence-corrected chi connectivity index (χ4v) is 2.38. The first-order valence-corrected chi connectivity index (χ1v) is 6.57. The van der Waals surface area contributed by atoms with E-state index in [-0.39, 0.29) is 0 Å². The molecular weight excluding hydrogens is 210 g/mol. The van der Waals surface area contributed by atoms with Crippen molar-refractivity contribution >= 4 is 5.69 Å². The van der Waals surface area contributed by atoms with Gasteiger partial charge in [-0.05, 0) is 30.4 Å². The number of aromatic nitrogens is 1. The van der Waals surface area contributed by atoms with Gasteiger partial charge in [0, 0.05) is 19.6 Å². The zero-order valence-corrected chi connectivity index (χ0v) is 10.9. The van der Waals surface area contributed by atoms with Crippen molar-refractivity contribution in [2.75, 3.05) is 18.0 Å². The SMILES string of the molecule is CCC1(C)CCN(c2ccc(CN)nc2)CC1. The summed E-state index contributed by atoms with van der Waals surface area (Å²) >= 11 is 0. The summed E-state index contributed by atoms with van der Waals surface area (Å²) in [5.41, 5.74) is 8.30. The summed E-state index contributed by atoms with van der Waals surface area (Å²) in [5, 5.41) is 0. The fourth-order valence-electron chi connectivity index (χ4n) is 2.38. The number of anilines is 1. The van der Waals surface area contributed by atoms with Crippen molar-refractivity contribution < 1.29 is 0 Å². The second-order valence-electron chi connectivity index (χ2n) is 5.36. The van der Waals surface area contributed by atoms with E-state index in [0.717, 1.165) is 18.8 Å². The highest BCUT2D eigenvalue weighted by Gasteiger charge is 2.28. The zero-order valence-electron chi connectivity index (χ0n) is 10.9. The molecule has 94 valence electrons. The van der Waals surface area contributed by atoms with Crippen LogP contribution in [0.15, 0.2) is 18.3 Å². The van der Waals surface area contributed by atoms with E-state index in [4.69, 9.17) is 5.73 Å². The Kier molecular flexibility index (Phi) is 3.67. The number of piperidine rings is 1. The first-order chi connectivity index (χ1) is 8.17. The second-order valence-corrected chi connectivity index (χ2v) is 5.36. The van der Waals surface area contributed by atoms with Gasteiger partial charge in [0.05, 0.1) is 17.6 Å². The van der Waals surface area contributed by atoms with Crippen LogP contribution in [0.3, 0.4) is 0 Å². The van der Waals surface area contributed by atoms with E-state index in [2.05, 4.69) is 29.8 Å². The van der Waals surface area contributed by atoms with Gasteiger partial charge in [-0.15, -0.1) is 0 Å². The van der Waals surface area contributed by atoms with Crippen molar-refractivity contribution in [3.63, 3.8) is 0 Å². The van der Waals surface area contributed by atoms with E-state index < -0.39 is 0 Å². The van der Waals surface area contributed by atoms with Gasteiger partial charge in [-0.3, -0.25) is 4.98 Å². The third-order valence-electron chi connectivity index (χ3n) is 4.21. The van der Waals surface area contributed by atoms with Gasteiger partial charge < -0.3 is 10.6 Å². The highest BCUT2D eigenvalue weighted by Crippen LogP contribution is 2.35. The van der Waals surface area contributed by atoms with Crippen LogP contribution in [0, 0.1) is 5.41 Å². The molecule has 0 bridgehead atoms. The van der Waals surface area contributed by atoms with E-state index in [1.807, 2.05) is 12.3 Å². The summed E-state index contributed by atoms with van der Waals surface area (Å²) in [6, 6.07) is 4.17. The lowest BCUT2D eigenvalue weighted by Crippen LogP contribution is -2.38. The first kappa shape index (κ1) is 12.4. The summed E-state index contributed by atoms with van der Waals surface area (Å²) in [7, 11) is 0. The summed E-state index contributed by atoms with van der Waals surface area (Å²) in [5.74, 6) is 0. The third kappa shape index (κ3) is 2.78. The minimum Gasteiger partial charge on any atom is -0.370 e. The molecule has 1 fully saturated rings. The smallest absolute Gasteiger partial charge is 0.0552 e. The van der Waals surface area contributed by atoms with Gasteiger partial charge in [0.15, 0.2) is 0 Å². The van der Waals surface area contributed by atoms with Crippen LogP contribution < -0.4 is 10.6 Å². The average Bonchev–Trinajstić information content (AvgIpc) is 2.40. The lowest BCUT2D eigenvalue weighted by atomic mass is 9.78. The topological polar surface area (TPSA) is 42.1 Å². The Labute approximate surface area is 104 Å². The maximum absolute atomic E-state index is 5.56. The molecule has 0 spiro atoms. The molecule has 1 aliphatic rings. The standard InChI is InChI=1S/C14H23N3/c1-3-14(2)6-8-17(9-7-14)13-5-4-12(10-15)16-11-13/h4-5,11H,3,6-10,15H2,1-2H3. The fraction of sp³-hybridized carbons (Fsp3) is 0.643. The molecule has 0 aliphatic carbocycles. The molecule has 0 radical (unpaired) electrons. The predicted molar refractivity (Wildman–Crippen MR) is 72.0 cm³/mol. The lowest BCUT2D eigenvalue weighted by molar-refractivity contribution is 0.238. The molecule has 17 heavy (non-hydrogen) atoms. The summed E-state index contributed by atoms with van der Waals surface area (Å²) in [6.45, 7) is 7.52. The molecule has 2 N–H and O–H groups in total. The van der Waals surface area contributed by atoms with E-state index in [1.54, 1.807) is 0 Å². The van der Waals surface area contributed by atoms with Gasteiger partial charge in [0.25, 0.3) is 0 Å². The van der Waals surface area contributed by atoms with Crippen molar-refractivity contribution in [1.82, 2.24) is 4.98 Å². The molecule has 0 saturated carbocycles. The van der Waals surface area contributed by atoms with Gasteiger partial charge in [-0.1, -0.05) is 20.3 Å². The monoisotopic (exact) mass is 233 g/mol. The summed E-state index contributed by atoms with van der Waals surface area (Å²) in [4.78, 5) is 6.80. The third-order valence-corrected chi connectivity index (χ3v) is 4.21. The zero-order chi connectivity index (χ0) is 12.3. The Morgan fingerprint density at radius 1 is 1.35 bits per heavy atom. The van der Waals surface area contributed by atoms with E-state index in [1.165, 1.54) is 24.9 Å². The van der Waals surface area contributed by atoms with E-state index in [9.17, 15) is 0 Å². The van der Waals surface area contributed by atoms with Gasteiger partial charge in [-0.2, -0.15) is 0 Å². The number of nitrogens with two attached hydrogens (primary N) is 1. The Morgan fingerprint density at radius 2 is 2.06 bits per heavy atom. The van der Waals surface area contributed by atoms with Crippen molar-refractivity contribution in [3.8, 4) is 0 Å². The first-order valence-electron chi connectivity index (χ1n) is 6.57. The van der Waals surface area contributed by atoms with Crippen LogP contribution in [0.4, 0.5) is 5.69 Å². The van der Waals surface area contributed by atoms with Crippen molar-refractivity contribution in [2.45, 2.75) is 39.7 Å². The molecule has 3 nitrogen and oxygen atoms in total. The summed E-state index contributed by atoms with van der Waals surface area (Å²) < 4.78 is 0. The van der Waals surface area contributed by atoms with Crippen LogP contribution in [0.1, 0.15) is 38.8 Å². The normalized spacial score (nSPS) is 19.4. The molecule has 1 aliphatic heterocycles. The van der Waals surface area contributed by atoms with E-state index in [0.29, 0.717) is 12.0 Å². The van der Waals surface area contributed by atoms with Gasteiger partial charge in [0.2, 0.25) is 0 Å². The van der Waals surface area contributed by atoms with Crippen LogP contribution in [0.2, 0.25) is 0 Å². The summed E-state index contributed by atoms with van der Waals surface area (Å²) in [6.07, 6.45) is 5.80. The number of pyridine rings is 1. The second kappa shape index (κ2) is 5.05. The largest absolute Gasteiger partial charge is 0.370 e. The van der Waals surface area contributed by atoms with Crippen LogP contribution in [0.25, 0.3) is 0 Å². The average molecular weight is 233 g/mol. The Balaban J connectivity index is 2.00. The molecule has 3 heteroatoms. The predicted octanol–water partition coefficient (Wildman–Crippen LogP) is 2.56. The number of nitrogens with zero attached hydrogens (tertiary/aromatic N) is 2. The van der Waals surface area contributed by atoms with Crippen molar-refractivity contribution in [3.05, 3.63) is 24.0 Å². The highest BCUT2D eigenvalue weighted by molar-refractivity contribution is 5.45. The Morgan fingerprint density at radius 3 is 2.53 bits per heavy atom. The number of rotatable bonds is 3. The number of hydrogen-bond donors (Lipinski definition) is 1. The van der Waals surface area contributed by atoms with Crippen LogP contribution in [-0.4, -0.2) is 18.1 Å². The quantitative estimate of drug-likeness (QED) is 0.872. The Hall–Kier alpha value is -1.09. The molecule has 2 rings (SSSR count). The van der Waals surface area contributed by atoms with Crippen molar-refractivity contribution in [1.29, 1.82) is 0 Å². The molecule has 1 saturated heterocycles. The van der Waals surface area contributed by atoms with Crippen LogP contribution >= 0.6 is 0 Å². The molecular formula is C14H23N3. The highest BCUT2D eigenvalue weighted by atomic mass is 15.1.